The van der Waals surface area contributed by atoms with Crippen LogP contribution in [0.5, 0.6) is 0 Å². The van der Waals surface area contributed by atoms with Crippen LogP contribution in [0.25, 0.3) is 0 Å². The fourth-order valence-corrected chi connectivity index (χ4v) is 3.41. The minimum atomic E-state index is -0.496. The Morgan fingerprint density at radius 2 is 1.79 bits per heavy atom. The molecule has 160 valence electrons. The summed E-state index contributed by atoms with van der Waals surface area (Å²) >= 11 is 0. The molecule has 0 saturated heterocycles. The Kier molecular flexibility index (Phi) is 9.84. The first-order chi connectivity index (χ1) is 14.0. The second kappa shape index (κ2) is 12.4. The van der Waals surface area contributed by atoms with Gasteiger partial charge >= 0.3 is 11.9 Å². The van der Waals surface area contributed by atoms with Crippen LogP contribution < -0.4 is 5.32 Å². The van der Waals surface area contributed by atoms with Gasteiger partial charge < -0.3 is 14.8 Å². The van der Waals surface area contributed by atoms with Crippen molar-refractivity contribution in [3.05, 3.63) is 35.4 Å². The normalized spacial score (nSPS) is 14.7. The van der Waals surface area contributed by atoms with Crippen molar-refractivity contribution in [2.45, 2.75) is 64.8 Å². The van der Waals surface area contributed by atoms with Crippen LogP contribution in [0.1, 0.15) is 57.1 Å². The van der Waals surface area contributed by atoms with Crippen LogP contribution >= 0.6 is 0 Å². The van der Waals surface area contributed by atoms with Gasteiger partial charge in [0.1, 0.15) is 11.8 Å². The zero-order valence-corrected chi connectivity index (χ0v) is 17.6. The van der Waals surface area contributed by atoms with Gasteiger partial charge in [0.2, 0.25) is 0 Å². The first kappa shape index (κ1) is 23.1. The lowest BCUT2D eigenvalue weighted by molar-refractivity contribution is -0.146. The Bertz CT molecular complexity index is 684. The minimum Gasteiger partial charge on any atom is -0.466 e. The number of rotatable bonds is 13. The molecule has 1 saturated carbocycles. The number of Topliss-reactive ketones (excluding diaryl/α,β-unsaturated/α-hetero) is 1. The molecule has 29 heavy (non-hydrogen) atoms. The maximum absolute atomic E-state index is 12.4. The molecular weight excluding hydrogens is 370 g/mol. The summed E-state index contributed by atoms with van der Waals surface area (Å²) in [6, 6.07) is 7.36. The van der Waals surface area contributed by atoms with Gasteiger partial charge in [-0.15, -0.1) is 0 Å². The van der Waals surface area contributed by atoms with Gasteiger partial charge in [-0.2, -0.15) is 0 Å². The average Bonchev–Trinajstić information content (AvgIpc) is 2.65. The predicted octanol–water partition coefficient (Wildman–Crippen LogP) is 3.01. The van der Waals surface area contributed by atoms with E-state index in [2.05, 4.69) is 5.32 Å². The second-order valence-electron chi connectivity index (χ2n) is 7.43. The number of esters is 2. The highest BCUT2D eigenvalue weighted by Gasteiger charge is 2.25. The Balaban J connectivity index is 1.91. The summed E-state index contributed by atoms with van der Waals surface area (Å²) in [4.78, 5) is 36.0. The molecule has 1 unspecified atom stereocenters. The molecule has 1 aromatic carbocycles. The summed E-state index contributed by atoms with van der Waals surface area (Å²) in [6.45, 7) is 4.75. The smallest absolute Gasteiger partial charge is 0.323 e. The molecule has 0 bridgehead atoms. The van der Waals surface area contributed by atoms with Crippen LogP contribution in [0.4, 0.5) is 0 Å². The molecule has 0 aliphatic heterocycles. The quantitative estimate of drug-likeness (QED) is 0.510. The Hall–Kier alpha value is -2.21. The van der Waals surface area contributed by atoms with Gasteiger partial charge in [-0.25, -0.2) is 0 Å². The van der Waals surface area contributed by atoms with Gasteiger partial charge in [0.15, 0.2) is 0 Å². The van der Waals surface area contributed by atoms with Crippen molar-refractivity contribution in [2.24, 2.45) is 5.92 Å². The predicted molar refractivity (Wildman–Crippen MR) is 110 cm³/mol. The highest BCUT2D eigenvalue weighted by molar-refractivity contribution is 5.82. The highest BCUT2D eigenvalue weighted by Crippen LogP contribution is 2.27. The molecule has 6 nitrogen and oxygen atoms in total. The van der Waals surface area contributed by atoms with Crippen molar-refractivity contribution in [1.82, 2.24) is 5.32 Å². The third-order valence-corrected chi connectivity index (χ3v) is 5.25. The molecule has 1 aromatic rings. The zero-order valence-electron chi connectivity index (χ0n) is 17.6. The first-order valence-corrected chi connectivity index (χ1v) is 10.7. The highest BCUT2D eigenvalue weighted by atomic mass is 16.5. The van der Waals surface area contributed by atoms with Crippen LogP contribution in [0.2, 0.25) is 0 Å². The molecule has 0 amide bonds. The summed E-state index contributed by atoms with van der Waals surface area (Å²) in [6.07, 6.45) is 4.99. The van der Waals surface area contributed by atoms with Gasteiger partial charge in [0, 0.05) is 25.3 Å². The van der Waals surface area contributed by atoms with Gasteiger partial charge in [0.25, 0.3) is 0 Å². The van der Waals surface area contributed by atoms with E-state index in [4.69, 9.17) is 9.47 Å². The van der Waals surface area contributed by atoms with Crippen molar-refractivity contribution >= 4 is 17.7 Å². The number of ether oxygens (including phenoxy) is 2. The molecule has 6 heteroatoms. The zero-order chi connectivity index (χ0) is 21.1. The Morgan fingerprint density at radius 1 is 1.07 bits per heavy atom. The summed E-state index contributed by atoms with van der Waals surface area (Å²) in [5, 5.41) is 3.20. The van der Waals surface area contributed by atoms with E-state index in [1.807, 2.05) is 24.3 Å². The van der Waals surface area contributed by atoms with Crippen LogP contribution in [0, 0.1) is 5.92 Å². The topological polar surface area (TPSA) is 81.7 Å². The number of hydrogen-bond acceptors (Lipinski definition) is 6. The van der Waals surface area contributed by atoms with Crippen LogP contribution in [-0.2, 0) is 36.7 Å². The molecule has 0 spiro atoms. The van der Waals surface area contributed by atoms with Crippen molar-refractivity contribution in [2.75, 3.05) is 19.8 Å². The molecule has 2 rings (SSSR count). The molecule has 1 aliphatic rings. The average molecular weight is 404 g/mol. The number of nitrogens with one attached hydrogen (secondary N) is 1. The summed E-state index contributed by atoms with van der Waals surface area (Å²) < 4.78 is 10.2. The standard InChI is InChI=1S/C23H33NO5/c1-3-28-22(26)12-11-17-7-5-8-18(15-17)16-20(23(27)29-4-2)24-14-13-21(25)19-9-6-10-19/h5,7-8,15,19-20,24H,3-4,6,9-14,16H2,1-2H3. The molecule has 1 fully saturated rings. The van der Waals surface area contributed by atoms with Crippen LogP contribution in [0.15, 0.2) is 24.3 Å². The Labute approximate surface area is 173 Å². The second-order valence-corrected chi connectivity index (χ2v) is 7.43. The van der Waals surface area contributed by atoms with Gasteiger partial charge in [-0.1, -0.05) is 30.7 Å². The molecule has 0 aromatic heterocycles. The monoisotopic (exact) mass is 403 g/mol. The lowest BCUT2D eigenvalue weighted by Crippen LogP contribution is -2.41. The molecule has 0 heterocycles. The SMILES string of the molecule is CCOC(=O)CCc1cccc(CC(NCCC(=O)C2CCC2)C(=O)OCC)c1. The molecular formula is C23H33NO5. The fourth-order valence-electron chi connectivity index (χ4n) is 3.41. The summed E-state index contributed by atoms with van der Waals surface area (Å²) in [7, 11) is 0. The number of ketones is 1. The number of aryl methyl sites for hydroxylation is 1. The van der Waals surface area contributed by atoms with Crippen molar-refractivity contribution in [1.29, 1.82) is 0 Å². The third-order valence-electron chi connectivity index (χ3n) is 5.25. The Morgan fingerprint density at radius 3 is 2.45 bits per heavy atom. The molecule has 1 atom stereocenters. The molecule has 1 N–H and O–H groups in total. The van der Waals surface area contributed by atoms with E-state index < -0.39 is 6.04 Å². The maximum atomic E-state index is 12.4. The lowest BCUT2D eigenvalue weighted by Gasteiger charge is -2.24. The van der Waals surface area contributed by atoms with Gasteiger partial charge in [-0.05, 0) is 50.7 Å². The van der Waals surface area contributed by atoms with E-state index in [0.29, 0.717) is 45.4 Å². The fraction of sp³-hybridized carbons (Fsp3) is 0.609. The summed E-state index contributed by atoms with van der Waals surface area (Å²) in [5.41, 5.74) is 2.01. The number of hydrogen-bond donors (Lipinski definition) is 1. The van der Waals surface area contributed by atoms with Gasteiger partial charge in [0.05, 0.1) is 13.2 Å². The van der Waals surface area contributed by atoms with Crippen molar-refractivity contribution < 1.29 is 23.9 Å². The van der Waals surface area contributed by atoms with E-state index in [1.54, 1.807) is 13.8 Å². The van der Waals surface area contributed by atoms with Crippen LogP contribution in [-0.4, -0.2) is 43.5 Å². The van der Waals surface area contributed by atoms with Gasteiger partial charge in [-0.3, -0.25) is 14.4 Å². The van der Waals surface area contributed by atoms with Crippen molar-refractivity contribution in [3.63, 3.8) is 0 Å². The third kappa shape index (κ3) is 7.97. The van der Waals surface area contributed by atoms with Crippen molar-refractivity contribution in [3.8, 4) is 0 Å². The largest absolute Gasteiger partial charge is 0.466 e. The minimum absolute atomic E-state index is 0.208. The lowest BCUT2D eigenvalue weighted by atomic mass is 9.81. The van der Waals surface area contributed by atoms with E-state index in [-0.39, 0.29) is 23.6 Å². The van der Waals surface area contributed by atoms with E-state index in [1.165, 1.54) is 0 Å². The number of carbonyl (C=O) groups is 3. The number of benzene rings is 1. The van der Waals surface area contributed by atoms with E-state index in [9.17, 15) is 14.4 Å². The molecule has 1 aliphatic carbocycles. The molecule has 0 radical (unpaired) electrons. The maximum Gasteiger partial charge on any atom is 0.323 e. The van der Waals surface area contributed by atoms with Crippen LogP contribution in [0.3, 0.4) is 0 Å². The van der Waals surface area contributed by atoms with E-state index >= 15 is 0 Å². The summed E-state index contributed by atoms with van der Waals surface area (Å²) in [5.74, 6) is -0.0122. The first-order valence-electron chi connectivity index (χ1n) is 10.7. The van der Waals surface area contributed by atoms with E-state index in [0.717, 1.165) is 30.4 Å². The number of carbonyl (C=O) groups excluding carboxylic acids is 3.